The molecular weight excluding hydrogens is 791 g/mol. The fourth-order valence-electron chi connectivity index (χ4n) is 10.5. The minimum Gasteiger partial charge on any atom is -0.278 e. The summed E-state index contributed by atoms with van der Waals surface area (Å²) in [6, 6.07) is 76.0. The maximum Gasteiger partial charge on any atom is 0.240 e. The maximum atomic E-state index is 5.43. The fourth-order valence-corrected chi connectivity index (χ4v) is 10.5. The van der Waals surface area contributed by atoms with E-state index in [9.17, 15) is 0 Å². The van der Waals surface area contributed by atoms with Crippen molar-refractivity contribution in [1.82, 2.24) is 24.1 Å². The minimum absolute atomic E-state index is 0.0707. The molecule has 0 saturated heterocycles. The first kappa shape index (κ1) is 37.2. The van der Waals surface area contributed by atoms with Crippen LogP contribution in [0.2, 0.25) is 0 Å². The van der Waals surface area contributed by atoms with E-state index in [-0.39, 0.29) is 5.41 Å². The average molecular weight is 832 g/mol. The average Bonchev–Trinajstić information content (AvgIpc) is 3.97. The predicted molar refractivity (Wildman–Crippen MR) is 268 cm³/mol. The number of nitrogens with zero attached hydrogens (tertiary/aromatic N) is 5. The molecule has 1 aliphatic carbocycles. The van der Waals surface area contributed by atoms with Crippen molar-refractivity contribution in [3.05, 3.63) is 223 Å². The highest BCUT2D eigenvalue weighted by molar-refractivity contribution is 6.11. The quantitative estimate of drug-likeness (QED) is 0.168. The van der Waals surface area contributed by atoms with Crippen LogP contribution in [-0.2, 0) is 5.41 Å². The molecule has 3 aromatic heterocycles. The van der Waals surface area contributed by atoms with E-state index in [1.54, 1.807) is 0 Å². The lowest BCUT2D eigenvalue weighted by Crippen LogP contribution is -2.14. The van der Waals surface area contributed by atoms with Crippen LogP contribution in [0.1, 0.15) is 25.0 Å². The van der Waals surface area contributed by atoms with Crippen LogP contribution in [0.4, 0.5) is 0 Å². The van der Waals surface area contributed by atoms with E-state index < -0.39 is 0 Å². The third kappa shape index (κ3) is 5.75. The zero-order valence-electron chi connectivity index (χ0n) is 35.9. The van der Waals surface area contributed by atoms with Gasteiger partial charge in [-0.25, -0.2) is 0 Å². The summed E-state index contributed by atoms with van der Waals surface area (Å²) in [5.41, 5.74) is 17.3. The molecule has 12 aromatic rings. The SMILES string of the molecule is CC1(C)c2ccccc2-c2c(-c3cccc(-c4cccc(-c5nc(-n6c7ccccc7c7ccccc76)nc(-n6c7ccccc7c7ccc(-c8ccccc8)cc76)n5)c4)c3)cccc21. The molecule has 0 amide bonds. The van der Waals surface area contributed by atoms with E-state index in [2.05, 4.69) is 235 Å². The van der Waals surface area contributed by atoms with Crippen LogP contribution in [0.15, 0.2) is 212 Å². The van der Waals surface area contributed by atoms with Crippen molar-refractivity contribution >= 4 is 43.6 Å². The van der Waals surface area contributed by atoms with Gasteiger partial charge in [0.2, 0.25) is 11.9 Å². The second-order valence-electron chi connectivity index (χ2n) is 17.6. The Labute approximate surface area is 376 Å². The first-order chi connectivity index (χ1) is 32.0. The molecule has 13 rings (SSSR count). The zero-order chi connectivity index (χ0) is 43.2. The van der Waals surface area contributed by atoms with Gasteiger partial charge in [0, 0.05) is 32.5 Å². The Morgan fingerprint density at radius 3 is 1.46 bits per heavy atom. The monoisotopic (exact) mass is 831 g/mol. The van der Waals surface area contributed by atoms with Crippen molar-refractivity contribution in [2.24, 2.45) is 0 Å². The van der Waals surface area contributed by atoms with Crippen molar-refractivity contribution in [3.63, 3.8) is 0 Å². The molecule has 0 bridgehead atoms. The molecular formula is C60H41N5. The second kappa shape index (κ2) is 14.3. The largest absolute Gasteiger partial charge is 0.278 e. The van der Waals surface area contributed by atoms with Crippen molar-refractivity contribution in [3.8, 4) is 67.8 Å². The number of hydrogen-bond donors (Lipinski definition) is 0. The van der Waals surface area contributed by atoms with Gasteiger partial charge in [0.1, 0.15) is 0 Å². The Bertz CT molecular complexity index is 3820. The van der Waals surface area contributed by atoms with Gasteiger partial charge in [0.05, 0.1) is 22.1 Å². The molecule has 65 heavy (non-hydrogen) atoms. The van der Waals surface area contributed by atoms with Gasteiger partial charge in [-0.15, -0.1) is 0 Å². The topological polar surface area (TPSA) is 48.5 Å². The van der Waals surface area contributed by atoms with Gasteiger partial charge >= 0.3 is 0 Å². The minimum atomic E-state index is -0.0707. The van der Waals surface area contributed by atoms with Gasteiger partial charge < -0.3 is 0 Å². The standard InChI is InChI=1S/C60H41N5/c1-60(2)50-28-10-6-26-49(50)56-44(27-16-29-51(56)60)42-21-14-19-39(35-42)40-20-15-22-43(36-40)57-61-58(64-52-30-11-7-23-45(52)46-24-8-12-31-53(46)64)63-59(62-57)65-54-32-13-9-25-47(54)48-34-33-41(37-55(48)65)38-17-4-3-5-18-38/h3-37H,1-2H3. The number of para-hydroxylation sites is 3. The molecule has 0 atom stereocenters. The lowest BCUT2D eigenvalue weighted by Gasteiger charge is -2.21. The van der Waals surface area contributed by atoms with Crippen molar-refractivity contribution in [2.45, 2.75) is 19.3 Å². The van der Waals surface area contributed by atoms with E-state index in [1.165, 1.54) is 33.4 Å². The van der Waals surface area contributed by atoms with E-state index in [0.717, 1.165) is 71.4 Å². The Morgan fingerprint density at radius 2 is 0.785 bits per heavy atom. The van der Waals surface area contributed by atoms with E-state index in [0.29, 0.717) is 17.7 Å². The maximum absolute atomic E-state index is 5.43. The molecule has 0 N–H and O–H groups in total. The molecule has 5 heteroatoms. The molecule has 0 spiro atoms. The first-order valence-corrected chi connectivity index (χ1v) is 22.3. The number of rotatable bonds is 6. The molecule has 0 radical (unpaired) electrons. The first-order valence-electron chi connectivity index (χ1n) is 22.3. The van der Waals surface area contributed by atoms with Crippen LogP contribution in [0, 0.1) is 0 Å². The highest BCUT2D eigenvalue weighted by Crippen LogP contribution is 2.52. The molecule has 0 fully saturated rings. The summed E-state index contributed by atoms with van der Waals surface area (Å²) in [4.78, 5) is 16.2. The van der Waals surface area contributed by atoms with Crippen molar-refractivity contribution in [2.75, 3.05) is 0 Å². The molecule has 0 aliphatic heterocycles. The summed E-state index contributed by atoms with van der Waals surface area (Å²) >= 11 is 0. The Hall–Kier alpha value is -8.41. The second-order valence-corrected chi connectivity index (χ2v) is 17.6. The zero-order valence-corrected chi connectivity index (χ0v) is 35.9. The van der Waals surface area contributed by atoms with Gasteiger partial charge in [-0.1, -0.05) is 190 Å². The highest BCUT2D eigenvalue weighted by Gasteiger charge is 2.36. The van der Waals surface area contributed by atoms with Gasteiger partial charge in [-0.05, 0) is 92.0 Å². The number of hydrogen-bond acceptors (Lipinski definition) is 3. The summed E-state index contributed by atoms with van der Waals surface area (Å²) in [6.07, 6.45) is 0. The van der Waals surface area contributed by atoms with Crippen molar-refractivity contribution < 1.29 is 0 Å². The molecule has 9 aromatic carbocycles. The lowest BCUT2D eigenvalue weighted by molar-refractivity contribution is 0.660. The van der Waals surface area contributed by atoms with Crippen LogP contribution in [0.3, 0.4) is 0 Å². The highest BCUT2D eigenvalue weighted by atomic mass is 15.3. The van der Waals surface area contributed by atoms with Crippen LogP contribution < -0.4 is 0 Å². The van der Waals surface area contributed by atoms with Crippen LogP contribution in [0.5, 0.6) is 0 Å². The predicted octanol–water partition coefficient (Wildman–Crippen LogP) is 15.0. The van der Waals surface area contributed by atoms with Crippen LogP contribution in [0.25, 0.3) is 111 Å². The summed E-state index contributed by atoms with van der Waals surface area (Å²) < 4.78 is 4.40. The third-order valence-electron chi connectivity index (χ3n) is 13.6. The van der Waals surface area contributed by atoms with E-state index in [1.807, 2.05) is 0 Å². The van der Waals surface area contributed by atoms with Crippen LogP contribution >= 0.6 is 0 Å². The fraction of sp³-hybridized carbons (Fsp3) is 0.0500. The smallest absolute Gasteiger partial charge is 0.240 e. The number of aromatic nitrogens is 5. The number of benzene rings is 9. The van der Waals surface area contributed by atoms with Crippen LogP contribution in [-0.4, -0.2) is 24.1 Å². The summed E-state index contributed by atoms with van der Waals surface area (Å²) in [5.74, 6) is 1.70. The normalized spacial score (nSPS) is 12.9. The van der Waals surface area contributed by atoms with E-state index in [4.69, 9.17) is 15.0 Å². The van der Waals surface area contributed by atoms with E-state index >= 15 is 0 Å². The lowest BCUT2D eigenvalue weighted by atomic mass is 9.82. The summed E-state index contributed by atoms with van der Waals surface area (Å²) in [6.45, 7) is 4.68. The number of fused-ring (bicyclic) bond motifs is 9. The summed E-state index contributed by atoms with van der Waals surface area (Å²) in [7, 11) is 0. The molecule has 1 aliphatic rings. The molecule has 3 heterocycles. The van der Waals surface area contributed by atoms with Crippen molar-refractivity contribution in [1.29, 1.82) is 0 Å². The molecule has 5 nitrogen and oxygen atoms in total. The van der Waals surface area contributed by atoms with Gasteiger partial charge in [-0.2, -0.15) is 15.0 Å². The summed E-state index contributed by atoms with van der Waals surface area (Å²) in [5, 5.41) is 4.57. The molecule has 0 saturated carbocycles. The third-order valence-corrected chi connectivity index (χ3v) is 13.6. The Morgan fingerprint density at radius 1 is 0.323 bits per heavy atom. The van der Waals surface area contributed by atoms with Gasteiger partial charge in [0.25, 0.3) is 0 Å². The Kier molecular flexibility index (Phi) is 8.18. The molecule has 0 unspecified atom stereocenters. The molecule has 306 valence electrons. The Balaban J connectivity index is 1.02. The van der Waals surface area contributed by atoms with Gasteiger partial charge in [-0.3, -0.25) is 9.13 Å². The van der Waals surface area contributed by atoms with Gasteiger partial charge in [0.15, 0.2) is 5.82 Å².